The average molecular weight is 317 g/mol. The zero-order chi connectivity index (χ0) is 15.7. The van der Waals surface area contributed by atoms with E-state index in [4.69, 9.17) is 5.73 Å². The van der Waals surface area contributed by atoms with Gasteiger partial charge in [0.15, 0.2) is 0 Å². The van der Waals surface area contributed by atoms with Crippen molar-refractivity contribution in [1.29, 1.82) is 0 Å². The van der Waals surface area contributed by atoms with Gasteiger partial charge in [-0.2, -0.15) is 0 Å². The van der Waals surface area contributed by atoms with E-state index in [9.17, 15) is 9.59 Å². The topological polar surface area (TPSA) is 76.3 Å². The van der Waals surface area contributed by atoms with Gasteiger partial charge in [0.25, 0.3) is 5.91 Å². The molecule has 2 N–H and O–H groups in total. The molecule has 2 aromatic heterocycles. The van der Waals surface area contributed by atoms with Gasteiger partial charge in [0, 0.05) is 31.1 Å². The minimum Gasteiger partial charge on any atom is -0.365 e. The number of primary amides is 1. The van der Waals surface area contributed by atoms with Crippen molar-refractivity contribution < 1.29 is 9.59 Å². The highest BCUT2D eigenvalue weighted by atomic mass is 32.1. The van der Waals surface area contributed by atoms with E-state index in [1.54, 1.807) is 6.20 Å². The Bertz CT molecular complexity index is 717. The van der Waals surface area contributed by atoms with Gasteiger partial charge in [0.05, 0.1) is 4.88 Å². The van der Waals surface area contributed by atoms with Gasteiger partial charge in [0.1, 0.15) is 4.83 Å². The fourth-order valence-corrected chi connectivity index (χ4v) is 4.26. The SMILES string of the molecule is CCC(=O)N1CCC(c2c(C(N)=O)sc3ncccc23)CC1. The summed E-state index contributed by atoms with van der Waals surface area (Å²) in [5.41, 5.74) is 6.59. The Morgan fingerprint density at radius 2 is 2.14 bits per heavy atom. The van der Waals surface area contributed by atoms with Gasteiger partial charge in [-0.15, -0.1) is 11.3 Å². The van der Waals surface area contributed by atoms with Crippen molar-refractivity contribution in [1.82, 2.24) is 9.88 Å². The Balaban J connectivity index is 1.92. The number of rotatable bonds is 3. The van der Waals surface area contributed by atoms with E-state index >= 15 is 0 Å². The zero-order valence-corrected chi connectivity index (χ0v) is 13.4. The lowest BCUT2D eigenvalue weighted by atomic mass is 9.87. The summed E-state index contributed by atoms with van der Waals surface area (Å²) >= 11 is 1.37. The smallest absolute Gasteiger partial charge is 0.259 e. The van der Waals surface area contributed by atoms with Crippen LogP contribution in [0.15, 0.2) is 18.3 Å². The molecule has 6 heteroatoms. The molecule has 1 fully saturated rings. The Labute approximate surface area is 133 Å². The highest BCUT2D eigenvalue weighted by Gasteiger charge is 2.28. The highest BCUT2D eigenvalue weighted by Crippen LogP contribution is 2.39. The molecule has 0 spiro atoms. The molecular weight excluding hydrogens is 298 g/mol. The third-order valence-corrected chi connectivity index (χ3v) is 5.43. The first-order valence-corrected chi connectivity index (χ1v) is 8.38. The summed E-state index contributed by atoms with van der Waals surface area (Å²) in [4.78, 5) is 31.3. The van der Waals surface area contributed by atoms with Gasteiger partial charge >= 0.3 is 0 Å². The number of nitrogens with zero attached hydrogens (tertiary/aromatic N) is 2. The highest BCUT2D eigenvalue weighted by molar-refractivity contribution is 7.20. The number of aromatic nitrogens is 1. The second kappa shape index (κ2) is 6.04. The molecule has 0 bridgehead atoms. The summed E-state index contributed by atoms with van der Waals surface area (Å²) in [5.74, 6) is 0.0804. The van der Waals surface area contributed by atoms with Gasteiger partial charge < -0.3 is 10.6 Å². The molecule has 3 heterocycles. The molecule has 0 aromatic carbocycles. The van der Waals surface area contributed by atoms with Crippen molar-refractivity contribution in [3.05, 3.63) is 28.8 Å². The molecular formula is C16H19N3O2S. The van der Waals surface area contributed by atoms with Crippen LogP contribution in [0.1, 0.15) is 47.3 Å². The number of pyridine rings is 1. The van der Waals surface area contributed by atoms with Crippen LogP contribution >= 0.6 is 11.3 Å². The fraction of sp³-hybridized carbons (Fsp3) is 0.438. The van der Waals surface area contributed by atoms with E-state index in [0.717, 1.165) is 41.7 Å². The third kappa shape index (κ3) is 2.59. The number of carbonyl (C=O) groups is 2. The number of likely N-dealkylation sites (tertiary alicyclic amines) is 1. The normalized spacial score (nSPS) is 16.1. The molecule has 1 aliphatic rings. The van der Waals surface area contributed by atoms with E-state index in [1.165, 1.54) is 11.3 Å². The molecule has 2 amide bonds. The zero-order valence-electron chi connectivity index (χ0n) is 12.5. The van der Waals surface area contributed by atoms with Gasteiger partial charge in [-0.05, 0) is 30.4 Å². The molecule has 116 valence electrons. The first-order valence-electron chi connectivity index (χ1n) is 7.56. The van der Waals surface area contributed by atoms with Crippen molar-refractivity contribution in [2.45, 2.75) is 32.1 Å². The van der Waals surface area contributed by atoms with E-state index in [-0.39, 0.29) is 17.7 Å². The Hall–Kier alpha value is -1.95. The van der Waals surface area contributed by atoms with Crippen molar-refractivity contribution in [3.63, 3.8) is 0 Å². The number of fused-ring (bicyclic) bond motifs is 1. The van der Waals surface area contributed by atoms with Crippen LogP contribution in [-0.2, 0) is 4.79 Å². The maximum absolute atomic E-state index is 11.8. The monoisotopic (exact) mass is 317 g/mol. The summed E-state index contributed by atoms with van der Waals surface area (Å²) in [6, 6.07) is 3.89. The van der Waals surface area contributed by atoms with Crippen molar-refractivity contribution >= 4 is 33.4 Å². The standard InChI is InChI=1S/C16H19N3O2S/c1-2-12(20)19-8-5-10(6-9-19)13-11-4-3-7-18-16(11)22-14(13)15(17)21/h3-4,7,10H,2,5-6,8-9H2,1H3,(H2,17,21). The summed E-state index contributed by atoms with van der Waals surface area (Å²) in [6.07, 6.45) is 4.01. The van der Waals surface area contributed by atoms with Crippen LogP contribution in [0.5, 0.6) is 0 Å². The largest absolute Gasteiger partial charge is 0.365 e. The van der Waals surface area contributed by atoms with E-state index in [1.807, 2.05) is 24.0 Å². The lowest BCUT2D eigenvalue weighted by Gasteiger charge is -2.32. The van der Waals surface area contributed by atoms with Crippen molar-refractivity contribution in [3.8, 4) is 0 Å². The molecule has 3 rings (SSSR count). The predicted molar refractivity (Wildman–Crippen MR) is 87.0 cm³/mol. The number of hydrogen-bond acceptors (Lipinski definition) is 4. The molecule has 1 aliphatic heterocycles. The summed E-state index contributed by atoms with van der Waals surface area (Å²) in [5, 5.41) is 1.03. The number of hydrogen-bond donors (Lipinski definition) is 1. The summed E-state index contributed by atoms with van der Waals surface area (Å²) < 4.78 is 0. The minimum absolute atomic E-state index is 0.199. The number of nitrogens with two attached hydrogens (primary N) is 1. The number of carbonyl (C=O) groups excluding carboxylic acids is 2. The first kappa shape index (κ1) is 15.0. The summed E-state index contributed by atoms with van der Waals surface area (Å²) in [6.45, 7) is 3.37. The van der Waals surface area contributed by atoms with Crippen LogP contribution in [0.25, 0.3) is 10.2 Å². The van der Waals surface area contributed by atoms with E-state index < -0.39 is 0 Å². The molecule has 0 radical (unpaired) electrons. The van der Waals surface area contributed by atoms with Gasteiger partial charge in [-0.3, -0.25) is 9.59 Å². The predicted octanol–water partition coefficient (Wildman–Crippen LogP) is 2.51. The Morgan fingerprint density at radius 1 is 1.41 bits per heavy atom. The van der Waals surface area contributed by atoms with Gasteiger partial charge in [-0.1, -0.05) is 13.0 Å². The van der Waals surface area contributed by atoms with Crippen LogP contribution < -0.4 is 5.73 Å². The van der Waals surface area contributed by atoms with Gasteiger partial charge in [-0.25, -0.2) is 4.98 Å². The van der Waals surface area contributed by atoms with Crippen LogP contribution in [0, 0.1) is 0 Å². The van der Waals surface area contributed by atoms with Crippen LogP contribution in [0.4, 0.5) is 0 Å². The second-order valence-corrected chi connectivity index (χ2v) is 6.57. The van der Waals surface area contributed by atoms with Gasteiger partial charge in [0.2, 0.25) is 5.91 Å². The molecule has 5 nitrogen and oxygen atoms in total. The maximum atomic E-state index is 11.8. The fourth-order valence-electron chi connectivity index (χ4n) is 3.18. The Morgan fingerprint density at radius 3 is 2.77 bits per heavy atom. The minimum atomic E-state index is -0.384. The second-order valence-electron chi connectivity index (χ2n) is 5.57. The van der Waals surface area contributed by atoms with Crippen molar-refractivity contribution in [2.75, 3.05) is 13.1 Å². The van der Waals surface area contributed by atoms with E-state index in [2.05, 4.69) is 4.98 Å². The molecule has 1 saturated heterocycles. The van der Waals surface area contributed by atoms with Crippen LogP contribution in [0.3, 0.4) is 0 Å². The molecule has 0 saturated carbocycles. The summed E-state index contributed by atoms with van der Waals surface area (Å²) in [7, 11) is 0. The average Bonchev–Trinajstić information content (AvgIpc) is 2.94. The number of thiophene rings is 1. The van der Waals surface area contributed by atoms with Crippen LogP contribution in [0.2, 0.25) is 0 Å². The van der Waals surface area contributed by atoms with Crippen LogP contribution in [-0.4, -0.2) is 34.8 Å². The number of piperidine rings is 1. The molecule has 0 atom stereocenters. The van der Waals surface area contributed by atoms with Crippen molar-refractivity contribution in [2.24, 2.45) is 5.73 Å². The lowest BCUT2D eigenvalue weighted by molar-refractivity contribution is -0.131. The maximum Gasteiger partial charge on any atom is 0.259 e. The number of amides is 2. The van der Waals surface area contributed by atoms with E-state index in [0.29, 0.717) is 11.3 Å². The quantitative estimate of drug-likeness (QED) is 0.945. The molecule has 0 aliphatic carbocycles. The third-order valence-electron chi connectivity index (χ3n) is 4.29. The first-order chi connectivity index (χ1) is 10.6. The Kier molecular flexibility index (Phi) is 4.11. The molecule has 22 heavy (non-hydrogen) atoms. The molecule has 2 aromatic rings. The molecule has 0 unspecified atom stereocenters. The lowest BCUT2D eigenvalue weighted by Crippen LogP contribution is -2.37.